The first kappa shape index (κ1) is 21.6. The average molecular weight is 420 g/mol. The van der Waals surface area contributed by atoms with Crippen LogP contribution in [0.15, 0.2) is 53.7 Å². The molecule has 1 aromatic heterocycles. The van der Waals surface area contributed by atoms with Crippen molar-refractivity contribution in [1.29, 1.82) is 5.26 Å². The van der Waals surface area contributed by atoms with Gasteiger partial charge in [0.1, 0.15) is 0 Å². The van der Waals surface area contributed by atoms with Crippen LogP contribution in [0.2, 0.25) is 0 Å². The number of nitrogens with zero attached hydrogens (tertiary/aromatic N) is 5. The second kappa shape index (κ2) is 10.1. The van der Waals surface area contributed by atoms with E-state index in [0.717, 1.165) is 28.2 Å². The molecule has 3 rings (SSSR count). The lowest BCUT2D eigenvalue weighted by Crippen LogP contribution is -2.33. The number of aromatic nitrogens is 3. The molecule has 0 aliphatic carbocycles. The van der Waals surface area contributed by atoms with Crippen molar-refractivity contribution in [2.75, 3.05) is 17.2 Å². The molecule has 0 aliphatic heterocycles. The number of carbonyl (C=O) groups is 1. The van der Waals surface area contributed by atoms with E-state index in [9.17, 15) is 4.79 Å². The van der Waals surface area contributed by atoms with Crippen LogP contribution in [0.3, 0.4) is 0 Å². The fraction of sp³-hybridized carbons (Fsp3) is 0.304. The molecular weight excluding hydrogens is 394 g/mol. The lowest BCUT2D eigenvalue weighted by molar-refractivity contribution is -0.116. The summed E-state index contributed by atoms with van der Waals surface area (Å²) in [6.07, 6.45) is 0.285. The lowest BCUT2D eigenvalue weighted by Gasteiger charge is -2.21. The molecule has 0 radical (unpaired) electrons. The van der Waals surface area contributed by atoms with Crippen LogP contribution in [0.25, 0.3) is 11.4 Å². The van der Waals surface area contributed by atoms with Crippen LogP contribution in [0, 0.1) is 25.2 Å². The standard InChI is InChI=1S/C23H25N5OS/c1-4-27-22(19-8-5-7-18(3)15-19)25-26-23(27)30-16-21(29)28(14-6-13-24)20-11-9-17(2)10-12-20/h5,7-12,15H,4,6,14,16H2,1-3H3. The van der Waals surface area contributed by atoms with E-state index in [0.29, 0.717) is 18.2 Å². The zero-order valence-corrected chi connectivity index (χ0v) is 18.3. The van der Waals surface area contributed by atoms with Gasteiger partial charge in [0.2, 0.25) is 5.91 Å². The quantitative estimate of drug-likeness (QED) is 0.498. The third-order valence-electron chi connectivity index (χ3n) is 4.73. The second-order valence-corrected chi connectivity index (χ2v) is 7.94. The summed E-state index contributed by atoms with van der Waals surface area (Å²) in [7, 11) is 0. The highest BCUT2D eigenvalue weighted by Gasteiger charge is 2.19. The number of carbonyl (C=O) groups excluding carboxylic acids is 1. The Balaban J connectivity index is 1.77. The van der Waals surface area contributed by atoms with E-state index in [4.69, 9.17) is 5.26 Å². The second-order valence-electron chi connectivity index (χ2n) is 7.00. The number of rotatable bonds is 8. The maximum Gasteiger partial charge on any atom is 0.237 e. The summed E-state index contributed by atoms with van der Waals surface area (Å²) in [6, 6.07) is 18.0. The maximum absolute atomic E-state index is 13.0. The molecule has 0 bridgehead atoms. The van der Waals surface area contributed by atoms with Crippen LogP contribution >= 0.6 is 11.8 Å². The van der Waals surface area contributed by atoms with Gasteiger partial charge in [0.15, 0.2) is 11.0 Å². The Kier molecular flexibility index (Phi) is 7.26. The predicted molar refractivity (Wildman–Crippen MR) is 120 cm³/mol. The van der Waals surface area contributed by atoms with Gasteiger partial charge in [0, 0.05) is 24.3 Å². The fourth-order valence-corrected chi connectivity index (χ4v) is 4.05. The Morgan fingerprint density at radius 1 is 1.13 bits per heavy atom. The van der Waals surface area contributed by atoms with Gasteiger partial charge < -0.3 is 9.47 Å². The van der Waals surface area contributed by atoms with Gasteiger partial charge in [-0.2, -0.15) is 5.26 Å². The van der Waals surface area contributed by atoms with Crippen molar-refractivity contribution in [1.82, 2.24) is 14.8 Å². The van der Waals surface area contributed by atoms with Crippen molar-refractivity contribution >= 4 is 23.4 Å². The first-order valence-corrected chi connectivity index (χ1v) is 10.9. The van der Waals surface area contributed by atoms with Crippen molar-refractivity contribution < 1.29 is 4.79 Å². The Morgan fingerprint density at radius 3 is 2.57 bits per heavy atom. The summed E-state index contributed by atoms with van der Waals surface area (Å²) in [5.74, 6) is 0.975. The SMILES string of the molecule is CCn1c(SCC(=O)N(CCC#N)c2ccc(C)cc2)nnc1-c1cccc(C)c1. The molecule has 30 heavy (non-hydrogen) atoms. The summed E-state index contributed by atoms with van der Waals surface area (Å²) in [5, 5.41) is 18.4. The van der Waals surface area contributed by atoms with Gasteiger partial charge in [-0.05, 0) is 39.0 Å². The first-order chi connectivity index (χ1) is 14.5. The number of anilines is 1. The lowest BCUT2D eigenvalue weighted by atomic mass is 10.1. The van der Waals surface area contributed by atoms with Crippen molar-refractivity contribution in [3.63, 3.8) is 0 Å². The number of nitriles is 1. The van der Waals surface area contributed by atoms with Crippen LogP contribution < -0.4 is 4.90 Å². The molecule has 3 aromatic rings. The summed E-state index contributed by atoms with van der Waals surface area (Å²) >= 11 is 1.37. The van der Waals surface area contributed by atoms with Gasteiger partial charge in [0.25, 0.3) is 0 Å². The summed E-state index contributed by atoms with van der Waals surface area (Å²) in [5.41, 5.74) is 4.10. The molecule has 7 heteroatoms. The van der Waals surface area contributed by atoms with E-state index >= 15 is 0 Å². The van der Waals surface area contributed by atoms with Crippen LogP contribution in [-0.2, 0) is 11.3 Å². The van der Waals surface area contributed by atoms with Crippen LogP contribution in [0.5, 0.6) is 0 Å². The number of hydrogen-bond donors (Lipinski definition) is 0. The topological polar surface area (TPSA) is 74.8 Å². The smallest absolute Gasteiger partial charge is 0.237 e. The molecule has 0 saturated carbocycles. The Bertz CT molecular complexity index is 1050. The van der Waals surface area contributed by atoms with Crippen LogP contribution in [0.1, 0.15) is 24.5 Å². The highest BCUT2D eigenvalue weighted by Crippen LogP contribution is 2.25. The minimum Gasteiger partial charge on any atom is -0.311 e. The van der Waals surface area contributed by atoms with Gasteiger partial charge in [-0.25, -0.2) is 0 Å². The monoisotopic (exact) mass is 419 g/mol. The predicted octanol–water partition coefficient (Wildman–Crippen LogP) is 4.62. The van der Waals surface area contributed by atoms with E-state index in [1.165, 1.54) is 11.8 Å². The Morgan fingerprint density at radius 2 is 1.90 bits per heavy atom. The molecule has 0 unspecified atom stereocenters. The van der Waals surface area contributed by atoms with Gasteiger partial charge in [-0.3, -0.25) is 4.79 Å². The van der Waals surface area contributed by atoms with Crippen molar-refractivity contribution in [2.45, 2.75) is 38.9 Å². The number of hydrogen-bond acceptors (Lipinski definition) is 5. The highest BCUT2D eigenvalue weighted by atomic mass is 32.2. The first-order valence-electron chi connectivity index (χ1n) is 9.90. The third kappa shape index (κ3) is 5.08. The van der Waals surface area contributed by atoms with E-state index in [-0.39, 0.29) is 18.1 Å². The van der Waals surface area contributed by atoms with Crippen LogP contribution in [-0.4, -0.2) is 33.0 Å². The Hall–Kier alpha value is -3.11. The minimum absolute atomic E-state index is 0.0538. The van der Waals surface area contributed by atoms with Crippen molar-refractivity contribution in [2.24, 2.45) is 0 Å². The molecule has 1 amide bonds. The summed E-state index contributed by atoms with van der Waals surface area (Å²) in [6.45, 7) is 7.17. The summed E-state index contributed by atoms with van der Waals surface area (Å²) < 4.78 is 2.03. The molecule has 0 atom stereocenters. The van der Waals surface area contributed by atoms with Gasteiger partial charge in [-0.1, -0.05) is 53.2 Å². The molecule has 2 aromatic carbocycles. The van der Waals surface area contributed by atoms with E-state index in [1.807, 2.05) is 67.8 Å². The minimum atomic E-state index is -0.0538. The number of amides is 1. The molecule has 6 nitrogen and oxygen atoms in total. The number of aryl methyl sites for hydroxylation is 2. The van der Waals surface area contributed by atoms with Gasteiger partial charge >= 0.3 is 0 Å². The number of benzene rings is 2. The van der Waals surface area contributed by atoms with Crippen molar-refractivity contribution in [3.8, 4) is 17.5 Å². The molecule has 154 valence electrons. The van der Waals surface area contributed by atoms with E-state index in [2.05, 4.69) is 22.3 Å². The third-order valence-corrected chi connectivity index (χ3v) is 5.68. The Labute approximate surface area is 181 Å². The zero-order valence-electron chi connectivity index (χ0n) is 17.5. The summed E-state index contributed by atoms with van der Waals surface area (Å²) in [4.78, 5) is 14.6. The number of thioether (sulfide) groups is 1. The van der Waals surface area contributed by atoms with E-state index in [1.54, 1.807) is 4.90 Å². The fourth-order valence-electron chi connectivity index (χ4n) is 3.17. The van der Waals surface area contributed by atoms with Crippen LogP contribution in [0.4, 0.5) is 5.69 Å². The van der Waals surface area contributed by atoms with E-state index < -0.39 is 0 Å². The molecule has 0 spiro atoms. The molecule has 0 saturated heterocycles. The molecule has 0 aliphatic rings. The normalized spacial score (nSPS) is 10.6. The zero-order chi connectivity index (χ0) is 21.5. The molecule has 0 fully saturated rings. The maximum atomic E-state index is 13.0. The largest absolute Gasteiger partial charge is 0.311 e. The van der Waals surface area contributed by atoms with Crippen molar-refractivity contribution in [3.05, 3.63) is 59.7 Å². The van der Waals surface area contributed by atoms with Gasteiger partial charge in [-0.15, -0.1) is 10.2 Å². The molecule has 1 heterocycles. The molecule has 0 N–H and O–H groups in total. The molecular formula is C23H25N5OS. The average Bonchev–Trinajstić information content (AvgIpc) is 3.16. The van der Waals surface area contributed by atoms with Gasteiger partial charge in [0.05, 0.1) is 18.2 Å². The highest BCUT2D eigenvalue weighted by molar-refractivity contribution is 7.99.